The highest BCUT2D eigenvalue weighted by molar-refractivity contribution is 5.41. The van der Waals surface area contributed by atoms with Gasteiger partial charge in [-0.25, -0.2) is 4.39 Å². The van der Waals surface area contributed by atoms with E-state index in [0.717, 1.165) is 44.1 Å². The molecule has 0 aliphatic carbocycles. The van der Waals surface area contributed by atoms with Crippen molar-refractivity contribution in [2.45, 2.75) is 13.5 Å². The molecule has 1 aliphatic heterocycles. The van der Waals surface area contributed by atoms with Gasteiger partial charge in [-0.05, 0) is 24.2 Å². The van der Waals surface area contributed by atoms with Crippen LogP contribution < -0.4 is 10.2 Å². The maximum atomic E-state index is 12.9. The molecule has 122 valence electrons. The van der Waals surface area contributed by atoms with E-state index in [9.17, 15) is 4.39 Å². The maximum absolute atomic E-state index is 12.9. The number of benzene rings is 1. The summed E-state index contributed by atoms with van der Waals surface area (Å²) in [6, 6.07) is 6.37. The largest absolute Gasteiger partial charge is 0.353 e. The molecule has 2 aromatic rings. The average molecular weight is 316 g/mol. The molecule has 0 radical (unpaired) electrons. The molecule has 1 aliphatic rings. The van der Waals surface area contributed by atoms with E-state index in [1.165, 1.54) is 12.1 Å². The number of anilines is 2. The summed E-state index contributed by atoms with van der Waals surface area (Å²) >= 11 is 0. The van der Waals surface area contributed by atoms with Gasteiger partial charge in [0, 0.05) is 32.7 Å². The number of piperazine rings is 1. The molecule has 7 heteroatoms. The van der Waals surface area contributed by atoms with E-state index in [-0.39, 0.29) is 5.82 Å². The summed E-state index contributed by atoms with van der Waals surface area (Å²) < 4.78 is 12.9. The van der Waals surface area contributed by atoms with Crippen molar-refractivity contribution in [2.75, 3.05) is 42.9 Å². The highest BCUT2D eigenvalue weighted by Crippen LogP contribution is 2.14. The van der Waals surface area contributed by atoms with E-state index in [2.05, 4.69) is 37.2 Å². The normalized spacial score (nSPS) is 15.7. The first-order chi connectivity index (χ1) is 11.2. The Bertz CT molecular complexity index is 625. The Labute approximate surface area is 135 Å². The van der Waals surface area contributed by atoms with Crippen molar-refractivity contribution in [3.05, 3.63) is 41.8 Å². The zero-order valence-electron chi connectivity index (χ0n) is 13.2. The van der Waals surface area contributed by atoms with Crippen molar-refractivity contribution in [3.8, 4) is 0 Å². The molecule has 0 bridgehead atoms. The predicted molar refractivity (Wildman–Crippen MR) is 87.9 cm³/mol. The first-order valence-electron chi connectivity index (χ1n) is 7.90. The standard InChI is InChI=1S/C16H21FN6/c1-2-22-7-9-23(10-8-22)15-12-19-21-16(20-15)18-11-13-3-5-14(17)6-4-13/h3-6,12H,2,7-11H2,1H3,(H,18,20,21). The van der Waals surface area contributed by atoms with Gasteiger partial charge in [0.05, 0.1) is 6.20 Å². The number of nitrogens with zero attached hydrogens (tertiary/aromatic N) is 5. The third kappa shape index (κ3) is 4.13. The summed E-state index contributed by atoms with van der Waals surface area (Å²) in [5.41, 5.74) is 0.969. The Balaban J connectivity index is 1.60. The summed E-state index contributed by atoms with van der Waals surface area (Å²) in [4.78, 5) is 9.17. The highest BCUT2D eigenvalue weighted by atomic mass is 19.1. The van der Waals surface area contributed by atoms with Crippen molar-refractivity contribution >= 4 is 11.8 Å². The molecular weight excluding hydrogens is 295 g/mol. The van der Waals surface area contributed by atoms with Crippen LogP contribution in [0.5, 0.6) is 0 Å². The Morgan fingerprint density at radius 2 is 1.87 bits per heavy atom. The summed E-state index contributed by atoms with van der Waals surface area (Å²) in [7, 11) is 0. The first-order valence-corrected chi connectivity index (χ1v) is 7.90. The van der Waals surface area contributed by atoms with E-state index < -0.39 is 0 Å². The summed E-state index contributed by atoms with van der Waals surface area (Å²) in [6.07, 6.45) is 1.70. The van der Waals surface area contributed by atoms with E-state index in [1.807, 2.05) is 0 Å². The van der Waals surface area contributed by atoms with Crippen molar-refractivity contribution in [1.82, 2.24) is 20.1 Å². The van der Waals surface area contributed by atoms with Crippen LogP contribution >= 0.6 is 0 Å². The lowest BCUT2D eigenvalue weighted by Crippen LogP contribution is -2.46. The molecule has 1 N–H and O–H groups in total. The van der Waals surface area contributed by atoms with Gasteiger partial charge >= 0.3 is 0 Å². The van der Waals surface area contributed by atoms with Crippen molar-refractivity contribution in [1.29, 1.82) is 0 Å². The lowest BCUT2D eigenvalue weighted by atomic mass is 10.2. The second-order valence-corrected chi connectivity index (χ2v) is 5.54. The van der Waals surface area contributed by atoms with Crippen LogP contribution in [-0.2, 0) is 6.54 Å². The van der Waals surface area contributed by atoms with E-state index in [0.29, 0.717) is 12.5 Å². The zero-order chi connectivity index (χ0) is 16.1. The molecule has 0 atom stereocenters. The number of nitrogens with one attached hydrogen (secondary N) is 1. The van der Waals surface area contributed by atoms with E-state index >= 15 is 0 Å². The summed E-state index contributed by atoms with van der Waals surface area (Å²) in [5.74, 6) is 1.10. The molecular formula is C16H21FN6. The van der Waals surface area contributed by atoms with Crippen LogP contribution in [0.1, 0.15) is 12.5 Å². The van der Waals surface area contributed by atoms with Crippen LogP contribution in [-0.4, -0.2) is 52.8 Å². The van der Waals surface area contributed by atoms with Crippen molar-refractivity contribution in [2.24, 2.45) is 0 Å². The molecule has 1 fully saturated rings. The van der Waals surface area contributed by atoms with Gasteiger partial charge in [0.25, 0.3) is 0 Å². The second-order valence-electron chi connectivity index (χ2n) is 5.54. The molecule has 0 saturated carbocycles. The molecule has 6 nitrogen and oxygen atoms in total. The number of hydrogen-bond acceptors (Lipinski definition) is 6. The number of likely N-dealkylation sites (N-methyl/N-ethyl adjacent to an activating group) is 1. The van der Waals surface area contributed by atoms with Gasteiger partial charge in [-0.15, -0.1) is 5.10 Å². The highest BCUT2D eigenvalue weighted by Gasteiger charge is 2.17. The topological polar surface area (TPSA) is 57.2 Å². The van der Waals surface area contributed by atoms with Gasteiger partial charge in [0.15, 0.2) is 5.82 Å². The summed E-state index contributed by atoms with van der Waals surface area (Å²) in [5, 5.41) is 11.2. The fourth-order valence-electron chi connectivity index (χ4n) is 2.60. The van der Waals surface area contributed by atoms with Gasteiger partial charge in [-0.1, -0.05) is 19.1 Å². The minimum atomic E-state index is -0.236. The Morgan fingerprint density at radius 1 is 1.13 bits per heavy atom. The molecule has 0 amide bonds. The predicted octanol–water partition coefficient (Wildman–Crippen LogP) is 1.76. The Kier molecular flexibility index (Phi) is 4.97. The van der Waals surface area contributed by atoms with Gasteiger partial charge in [-0.3, -0.25) is 0 Å². The number of hydrogen-bond donors (Lipinski definition) is 1. The molecule has 1 saturated heterocycles. The fraction of sp³-hybridized carbons (Fsp3) is 0.438. The quantitative estimate of drug-likeness (QED) is 0.907. The minimum absolute atomic E-state index is 0.236. The van der Waals surface area contributed by atoms with E-state index in [4.69, 9.17) is 0 Å². The molecule has 0 unspecified atom stereocenters. The third-order valence-electron chi connectivity index (χ3n) is 4.05. The van der Waals surface area contributed by atoms with Crippen LogP contribution in [0.4, 0.5) is 16.2 Å². The molecule has 1 aromatic carbocycles. The third-order valence-corrected chi connectivity index (χ3v) is 4.05. The van der Waals surface area contributed by atoms with Crippen molar-refractivity contribution < 1.29 is 4.39 Å². The monoisotopic (exact) mass is 316 g/mol. The number of rotatable bonds is 5. The van der Waals surface area contributed by atoms with Gasteiger partial charge < -0.3 is 15.1 Å². The molecule has 1 aromatic heterocycles. The SMILES string of the molecule is CCN1CCN(c2cnnc(NCc3ccc(F)cc3)n2)CC1. The van der Waals surface area contributed by atoms with Gasteiger partial charge in [0.1, 0.15) is 5.82 Å². The fourth-order valence-corrected chi connectivity index (χ4v) is 2.60. The number of halogens is 1. The van der Waals surface area contributed by atoms with Crippen LogP contribution in [0.15, 0.2) is 30.5 Å². The van der Waals surface area contributed by atoms with E-state index in [1.54, 1.807) is 18.3 Å². The lowest BCUT2D eigenvalue weighted by molar-refractivity contribution is 0.270. The Morgan fingerprint density at radius 3 is 2.57 bits per heavy atom. The van der Waals surface area contributed by atoms with Crippen LogP contribution in [0.3, 0.4) is 0 Å². The molecule has 3 rings (SSSR count). The van der Waals surface area contributed by atoms with Crippen LogP contribution in [0.2, 0.25) is 0 Å². The van der Waals surface area contributed by atoms with Gasteiger partial charge in [0.2, 0.25) is 5.95 Å². The molecule has 2 heterocycles. The van der Waals surface area contributed by atoms with Crippen LogP contribution in [0.25, 0.3) is 0 Å². The van der Waals surface area contributed by atoms with Gasteiger partial charge in [-0.2, -0.15) is 10.1 Å². The second kappa shape index (κ2) is 7.32. The lowest BCUT2D eigenvalue weighted by Gasteiger charge is -2.34. The van der Waals surface area contributed by atoms with Crippen molar-refractivity contribution in [3.63, 3.8) is 0 Å². The average Bonchev–Trinajstić information content (AvgIpc) is 2.61. The zero-order valence-corrected chi connectivity index (χ0v) is 13.2. The Hall–Kier alpha value is -2.28. The minimum Gasteiger partial charge on any atom is -0.353 e. The summed E-state index contributed by atoms with van der Waals surface area (Å²) in [6.45, 7) is 7.78. The first kappa shape index (κ1) is 15.6. The van der Waals surface area contributed by atoms with Crippen LogP contribution in [0, 0.1) is 5.82 Å². The smallest absolute Gasteiger partial charge is 0.244 e. The number of aromatic nitrogens is 3. The maximum Gasteiger partial charge on any atom is 0.244 e. The molecule has 0 spiro atoms. The molecule has 23 heavy (non-hydrogen) atoms.